The van der Waals surface area contributed by atoms with Crippen LogP contribution in [0, 0.1) is 6.92 Å². The summed E-state index contributed by atoms with van der Waals surface area (Å²) in [5, 5.41) is 17.8. The van der Waals surface area contributed by atoms with E-state index in [1.807, 2.05) is 19.1 Å². The van der Waals surface area contributed by atoms with Crippen LogP contribution in [0.4, 0.5) is 0 Å². The molecule has 0 fully saturated rings. The van der Waals surface area contributed by atoms with Gasteiger partial charge in [0.25, 0.3) is 0 Å². The Bertz CT molecular complexity index is 493. The lowest BCUT2D eigenvalue weighted by atomic mass is 10.2. The Balaban J connectivity index is 2.01. The molecule has 0 saturated heterocycles. The average molecular weight is 248 g/mol. The third-order valence-corrected chi connectivity index (χ3v) is 2.48. The van der Waals surface area contributed by atoms with Gasteiger partial charge in [0.1, 0.15) is 24.3 Å². The number of aromatic amines is 1. The van der Waals surface area contributed by atoms with E-state index >= 15 is 0 Å². The number of nitrogens with zero attached hydrogens (tertiary/aromatic N) is 1. The zero-order chi connectivity index (χ0) is 13.0. The fourth-order valence-corrected chi connectivity index (χ4v) is 1.51. The van der Waals surface area contributed by atoms with Gasteiger partial charge in [0.2, 0.25) is 0 Å². The molecule has 1 aromatic carbocycles. The van der Waals surface area contributed by atoms with Crippen molar-refractivity contribution in [3.63, 3.8) is 0 Å². The lowest BCUT2D eigenvalue weighted by Crippen LogP contribution is -2.21. The molecule has 2 rings (SSSR count). The van der Waals surface area contributed by atoms with Gasteiger partial charge in [0.05, 0.1) is 6.61 Å². The fourth-order valence-electron chi connectivity index (χ4n) is 1.51. The van der Waals surface area contributed by atoms with E-state index < -0.39 is 6.10 Å². The second-order valence-corrected chi connectivity index (χ2v) is 4.09. The maximum absolute atomic E-state index is 9.16. The quantitative estimate of drug-likeness (QED) is 0.741. The van der Waals surface area contributed by atoms with Crippen LogP contribution in [0.15, 0.2) is 30.5 Å². The fraction of sp³-hybridized carbons (Fsp3) is 0.308. The summed E-state index contributed by atoms with van der Waals surface area (Å²) in [7, 11) is 0. The molecule has 0 radical (unpaired) electrons. The first-order valence-electron chi connectivity index (χ1n) is 5.73. The highest BCUT2D eigenvalue weighted by atomic mass is 16.5. The molecule has 1 aromatic heterocycles. The van der Waals surface area contributed by atoms with E-state index in [0.717, 1.165) is 17.1 Å². The van der Waals surface area contributed by atoms with E-state index in [2.05, 4.69) is 9.97 Å². The number of hydrogen-bond acceptors (Lipinski definition) is 4. The standard InChI is InChI=1S/C13H16N2O3/c1-9-6-14-13(15-9)10-2-4-12(5-3-10)18-8-11(17)7-16/h2-6,11,16-17H,7-8H2,1H3,(H,14,15). The number of benzene rings is 1. The molecule has 0 saturated carbocycles. The molecule has 0 spiro atoms. The molecular formula is C13H16N2O3. The van der Waals surface area contributed by atoms with Crippen molar-refractivity contribution in [1.82, 2.24) is 9.97 Å². The number of aromatic nitrogens is 2. The van der Waals surface area contributed by atoms with Gasteiger partial charge in [0.15, 0.2) is 0 Å². The zero-order valence-corrected chi connectivity index (χ0v) is 10.1. The van der Waals surface area contributed by atoms with E-state index in [-0.39, 0.29) is 13.2 Å². The molecule has 5 nitrogen and oxygen atoms in total. The molecule has 0 aliphatic carbocycles. The Hall–Kier alpha value is -1.85. The first-order valence-corrected chi connectivity index (χ1v) is 5.73. The summed E-state index contributed by atoms with van der Waals surface area (Å²) in [5.74, 6) is 1.46. The largest absolute Gasteiger partial charge is 0.491 e. The Labute approximate surface area is 105 Å². The Morgan fingerprint density at radius 3 is 2.61 bits per heavy atom. The third kappa shape index (κ3) is 3.09. The van der Waals surface area contributed by atoms with Crippen molar-refractivity contribution < 1.29 is 14.9 Å². The first kappa shape index (κ1) is 12.6. The van der Waals surface area contributed by atoms with E-state index in [1.165, 1.54) is 0 Å². The number of rotatable bonds is 5. The zero-order valence-electron chi connectivity index (χ0n) is 10.1. The maximum Gasteiger partial charge on any atom is 0.137 e. The highest BCUT2D eigenvalue weighted by Crippen LogP contribution is 2.19. The number of nitrogens with one attached hydrogen (secondary N) is 1. The number of aryl methyl sites for hydroxylation is 1. The first-order chi connectivity index (χ1) is 8.69. The molecule has 0 aliphatic heterocycles. The minimum absolute atomic E-state index is 0.0791. The summed E-state index contributed by atoms with van der Waals surface area (Å²) < 4.78 is 5.31. The van der Waals surface area contributed by atoms with Crippen LogP contribution in [0.25, 0.3) is 11.4 Å². The van der Waals surface area contributed by atoms with E-state index in [1.54, 1.807) is 18.3 Å². The molecule has 0 aliphatic rings. The molecule has 1 unspecified atom stereocenters. The summed E-state index contributed by atoms with van der Waals surface area (Å²) in [6, 6.07) is 7.38. The monoisotopic (exact) mass is 248 g/mol. The van der Waals surface area contributed by atoms with Crippen LogP contribution in [-0.4, -0.2) is 39.5 Å². The lowest BCUT2D eigenvalue weighted by molar-refractivity contribution is 0.0536. The minimum Gasteiger partial charge on any atom is -0.491 e. The topological polar surface area (TPSA) is 78.4 Å². The third-order valence-electron chi connectivity index (χ3n) is 2.48. The predicted octanol–water partition coefficient (Wildman–Crippen LogP) is 1.12. The van der Waals surface area contributed by atoms with Gasteiger partial charge in [0, 0.05) is 17.5 Å². The molecular weight excluding hydrogens is 232 g/mol. The molecule has 3 N–H and O–H groups in total. The second kappa shape index (κ2) is 5.66. The van der Waals surface area contributed by atoms with Crippen molar-refractivity contribution >= 4 is 0 Å². The van der Waals surface area contributed by atoms with Gasteiger partial charge in [-0.1, -0.05) is 0 Å². The minimum atomic E-state index is -0.850. The van der Waals surface area contributed by atoms with Gasteiger partial charge >= 0.3 is 0 Å². The Morgan fingerprint density at radius 1 is 1.33 bits per heavy atom. The van der Waals surface area contributed by atoms with Gasteiger partial charge in [-0.2, -0.15) is 0 Å². The second-order valence-electron chi connectivity index (χ2n) is 4.09. The number of ether oxygens (including phenoxy) is 1. The smallest absolute Gasteiger partial charge is 0.137 e. The van der Waals surface area contributed by atoms with Crippen LogP contribution < -0.4 is 4.74 Å². The van der Waals surface area contributed by atoms with Gasteiger partial charge in [-0.15, -0.1) is 0 Å². The van der Waals surface area contributed by atoms with E-state index in [9.17, 15) is 0 Å². The van der Waals surface area contributed by atoms with Crippen LogP contribution in [0.3, 0.4) is 0 Å². The number of aliphatic hydroxyl groups excluding tert-OH is 2. The summed E-state index contributed by atoms with van der Waals surface area (Å²) >= 11 is 0. The molecule has 1 atom stereocenters. The maximum atomic E-state index is 9.16. The number of hydrogen-bond donors (Lipinski definition) is 3. The summed E-state index contributed by atoms with van der Waals surface area (Å²) in [4.78, 5) is 7.38. The van der Waals surface area contributed by atoms with Gasteiger partial charge in [-0.25, -0.2) is 4.98 Å². The molecule has 96 valence electrons. The molecule has 5 heteroatoms. The van der Waals surface area contributed by atoms with Gasteiger partial charge in [-0.3, -0.25) is 0 Å². The van der Waals surface area contributed by atoms with Crippen molar-refractivity contribution in [2.75, 3.05) is 13.2 Å². The molecule has 18 heavy (non-hydrogen) atoms. The van der Waals surface area contributed by atoms with Gasteiger partial charge < -0.3 is 19.9 Å². The Kier molecular flexibility index (Phi) is 3.96. The number of H-pyrrole nitrogens is 1. The summed E-state index contributed by atoms with van der Waals surface area (Å²) in [5.41, 5.74) is 1.98. The molecule has 0 bridgehead atoms. The van der Waals surface area contributed by atoms with Crippen molar-refractivity contribution in [3.05, 3.63) is 36.2 Å². The van der Waals surface area contributed by atoms with Crippen molar-refractivity contribution in [3.8, 4) is 17.1 Å². The summed E-state index contributed by atoms with van der Waals surface area (Å²) in [6.45, 7) is 1.73. The van der Waals surface area contributed by atoms with Crippen molar-refractivity contribution in [1.29, 1.82) is 0 Å². The normalized spacial score (nSPS) is 12.4. The van der Waals surface area contributed by atoms with Crippen molar-refractivity contribution in [2.45, 2.75) is 13.0 Å². The SMILES string of the molecule is Cc1cnc(-c2ccc(OCC(O)CO)cc2)[nH]1. The van der Waals surface area contributed by atoms with E-state index in [4.69, 9.17) is 14.9 Å². The molecule has 2 aromatic rings. The van der Waals surface area contributed by atoms with Crippen LogP contribution in [0.1, 0.15) is 5.69 Å². The summed E-state index contributed by atoms with van der Waals surface area (Å²) in [6.07, 6.45) is 0.926. The molecule has 0 amide bonds. The van der Waals surface area contributed by atoms with Gasteiger partial charge in [-0.05, 0) is 31.2 Å². The number of aliphatic hydroxyl groups is 2. The average Bonchev–Trinajstić information content (AvgIpc) is 2.83. The Morgan fingerprint density at radius 2 is 2.06 bits per heavy atom. The lowest BCUT2D eigenvalue weighted by Gasteiger charge is -2.09. The van der Waals surface area contributed by atoms with Crippen LogP contribution in [0.2, 0.25) is 0 Å². The molecule has 1 heterocycles. The van der Waals surface area contributed by atoms with Crippen LogP contribution in [0.5, 0.6) is 5.75 Å². The highest BCUT2D eigenvalue weighted by Gasteiger charge is 2.04. The van der Waals surface area contributed by atoms with Crippen LogP contribution in [-0.2, 0) is 0 Å². The van der Waals surface area contributed by atoms with Crippen molar-refractivity contribution in [2.24, 2.45) is 0 Å². The predicted molar refractivity (Wildman–Crippen MR) is 67.3 cm³/mol. The number of imidazole rings is 1. The van der Waals surface area contributed by atoms with Crippen LogP contribution >= 0.6 is 0 Å². The highest BCUT2D eigenvalue weighted by molar-refractivity contribution is 5.56. The van der Waals surface area contributed by atoms with E-state index in [0.29, 0.717) is 5.75 Å².